The Morgan fingerprint density at radius 3 is 2.48 bits per heavy atom. The van der Waals surface area contributed by atoms with Crippen LogP contribution < -0.4 is 5.32 Å². The molecule has 2 aromatic heterocycles. The number of benzene rings is 3. The van der Waals surface area contributed by atoms with Crippen molar-refractivity contribution >= 4 is 33.5 Å². The molecule has 27 heavy (non-hydrogen) atoms. The summed E-state index contributed by atoms with van der Waals surface area (Å²) in [4.78, 5) is 23.7. The summed E-state index contributed by atoms with van der Waals surface area (Å²) in [5.74, 6) is 0.603. The fraction of sp³-hybridized carbons (Fsp3) is 0. The summed E-state index contributed by atoms with van der Waals surface area (Å²) in [7, 11) is 0. The molecule has 0 saturated carbocycles. The molecule has 2 heterocycles. The van der Waals surface area contributed by atoms with Crippen LogP contribution in [-0.4, -0.2) is 20.9 Å². The predicted molar refractivity (Wildman–Crippen MR) is 108 cm³/mol. The number of rotatable bonds is 3. The molecule has 0 spiro atoms. The van der Waals surface area contributed by atoms with Crippen LogP contribution in [0.3, 0.4) is 0 Å². The normalized spacial score (nSPS) is 11.1. The van der Waals surface area contributed by atoms with Gasteiger partial charge < -0.3 is 15.3 Å². The number of amides is 1. The van der Waals surface area contributed by atoms with Crippen LogP contribution in [0.1, 0.15) is 10.5 Å². The summed E-state index contributed by atoms with van der Waals surface area (Å²) in [6.07, 6.45) is 0. The number of nitrogens with zero attached hydrogens (tertiary/aromatic N) is 1. The summed E-state index contributed by atoms with van der Waals surface area (Å²) >= 11 is 0. The summed E-state index contributed by atoms with van der Waals surface area (Å²) in [5, 5.41) is 3.96. The molecule has 5 rings (SSSR count). The number of H-pyrrole nitrogens is 2. The van der Waals surface area contributed by atoms with E-state index < -0.39 is 0 Å². The Morgan fingerprint density at radius 2 is 1.63 bits per heavy atom. The molecule has 0 radical (unpaired) electrons. The van der Waals surface area contributed by atoms with Crippen molar-refractivity contribution in [2.45, 2.75) is 0 Å². The number of nitrogens with one attached hydrogen (secondary N) is 3. The number of fused-ring (bicyclic) bond motifs is 2. The van der Waals surface area contributed by atoms with Gasteiger partial charge in [-0.2, -0.15) is 0 Å². The summed E-state index contributed by atoms with van der Waals surface area (Å²) < 4.78 is 0. The smallest absolute Gasteiger partial charge is 0.272 e. The first-order valence-electron chi connectivity index (χ1n) is 8.70. The average molecular weight is 352 g/mol. The van der Waals surface area contributed by atoms with Gasteiger partial charge in [-0.1, -0.05) is 42.5 Å². The number of anilines is 1. The number of carbonyl (C=O) groups is 1. The van der Waals surface area contributed by atoms with Crippen molar-refractivity contribution in [3.05, 3.63) is 84.6 Å². The predicted octanol–water partition coefficient (Wildman–Crippen LogP) is 4.96. The summed E-state index contributed by atoms with van der Waals surface area (Å²) in [6, 6.07) is 25.2. The van der Waals surface area contributed by atoms with Gasteiger partial charge in [0.25, 0.3) is 5.91 Å². The molecule has 0 fully saturated rings. The lowest BCUT2D eigenvalue weighted by Crippen LogP contribution is -2.12. The molecule has 0 atom stereocenters. The van der Waals surface area contributed by atoms with Crippen LogP contribution in [0.15, 0.2) is 78.9 Å². The van der Waals surface area contributed by atoms with Gasteiger partial charge in [-0.05, 0) is 36.4 Å². The van der Waals surface area contributed by atoms with E-state index in [0.717, 1.165) is 39.0 Å². The van der Waals surface area contributed by atoms with Crippen molar-refractivity contribution in [2.24, 2.45) is 0 Å². The number of imidazole rings is 1. The van der Waals surface area contributed by atoms with Crippen LogP contribution in [0, 0.1) is 0 Å². The van der Waals surface area contributed by atoms with Crippen LogP contribution in [0.2, 0.25) is 0 Å². The van der Waals surface area contributed by atoms with Crippen LogP contribution in [0.25, 0.3) is 33.3 Å². The van der Waals surface area contributed by atoms with Crippen LogP contribution in [-0.2, 0) is 0 Å². The minimum Gasteiger partial charge on any atom is -0.351 e. The topological polar surface area (TPSA) is 73.6 Å². The third kappa shape index (κ3) is 2.85. The number of carbonyl (C=O) groups excluding carboxylic acids is 1. The minimum atomic E-state index is -0.173. The molecule has 130 valence electrons. The zero-order valence-electron chi connectivity index (χ0n) is 14.4. The van der Waals surface area contributed by atoms with Crippen molar-refractivity contribution in [3.8, 4) is 11.4 Å². The fourth-order valence-electron chi connectivity index (χ4n) is 3.23. The quantitative estimate of drug-likeness (QED) is 0.429. The van der Waals surface area contributed by atoms with Gasteiger partial charge in [0.2, 0.25) is 0 Å². The second-order valence-electron chi connectivity index (χ2n) is 6.41. The number of hydrogen-bond donors (Lipinski definition) is 3. The maximum absolute atomic E-state index is 12.6. The zero-order chi connectivity index (χ0) is 18.2. The number of aromatic nitrogens is 3. The molecule has 0 bridgehead atoms. The third-order valence-electron chi connectivity index (χ3n) is 4.56. The van der Waals surface area contributed by atoms with Crippen molar-refractivity contribution < 1.29 is 4.79 Å². The molecule has 3 N–H and O–H groups in total. The van der Waals surface area contributed by atoms with Gasteiger partial charge >= 0.3 is 0 Å². The Kier molecular flexibility index (Phi) is 3.50. The zero-order valence-corrected chi connectivity index (χ0v) is 14.4. The molecule has 1 amide bonds. The molecule has 5 nitrogen and oxygen atoms in total. The van der Waals surface area contributed by atoms with Crippen molar-refractivity contribution in [1.82, 2.24) is 15.0 Å². The van der Waals surface area contributed by atoms with E-state index >= 15 is 0 Å². The Balaban J connectivity index is 1.43. The van der Waals surface area contributed by atoms with Gasteiger partial charge in [0.1, 0.15) is 11.5 Å². The monoisotopic (exact) mass is 352 g/mol. The van der Waals surface area contributed by atoms with Gasteiger partial charge in [0.05, 0.1) is 11.0 Å². The molecule has 0 aliphatic carbocycles. The maximum atomic E-state index is 12.6. The lowest BCUT2D eigenvalue weighted by atomic mass is 10.2. The summed E-state index contributed by atoms with van der Waals surface area (Å²) in [6.45, 7) is 0. The van der Waals surface area contributed by atoms with E-state index in [-0.39, 0.29) is 5.91 Å². The lowest BCUT2D eigenvalue weighted by molar-refractivity contribution is 0.102. The van der Waals surface area contributed by atoms with Gasteiger partial charge in [-0.25, -0.2) is 4.98 Å². The van der Waals surface area contributed by atoms with Crippen LogP contribution in [0.5, 0.6) is 0 Å². The van der Waals surface area contributed by atoms with Crippen molar-refractivity contribution in [2.75, 3.05) is 5.32 Å². The number of para-hydroxylation sites is 3. The molecule has 0 unspecified atom stereocenters. The van der Waals surface area contributed by atoms with Gasteiger partial charge in [0, 0.05) is 22.2 Å². The molecule has 3 aromatic carbocycles. The van der Waals surface area contributed by atoms with E-state index in [4.69, 9.17) is 0 Å². The Bertz CT molecular complexity index is 1220. The Hall–Kier alpha value is -3.86. The molecule has 0 aliphatic rings. The van der Waals surface area contributed by atoms with Crippen LogP contribution >= 0.6 is 0 Å². The molecule has 0 saturated heterocycles. The Labute approximate surface area is 155 Å². The number of hydrogen-bond acceptors (Lipinski definition) is 2. The number of aromatic amines is 2. The maximum Gasteiger partial charge on any atom is 0.272 e. The molecule has 5 aromatic rings. The molecule has 5 heteroatoms. The van der Waals surface area contributed by atoms with E-state index in [1.165, 1.54) is 0 Å². The van der Waals surface area contributed by atoms with Gasteiger partial charge in [-0.3, -0.25) is 4.79 Å². The molecular formula is C22H16N4O. The van der Waals surface area contributed by atoms with Gasteiger partial charge in [0.15, 0.2) is 0 Å². The largest absolute Gasteiger partial charge is 0.351 e. The van der Waals surface area contributed by atoms with E-state index in [1.54, 1.807) is 0 Å². The fourth-order valence-corrected chi connectivity index (χ4v) is 3.23. The van der Waals surface area contributed by atoms with Crippen molar-refractivity contribution in [1.29, 1.82) is 0 Å². The third-order valence-corrected chi connectivity index (χ3v) is 4.56. The van der Waals surface area contributed by atoms with E-state index in [2.05, 4.69) is 20.3 Å². The highest BCUT2D eigenvalue weighted by Gasteiger charge is 2.11. The first-order chi connectivity index (χ1) is 13.3. The SMILES string of the molecule is O=C(Nc1cccc(-c2nc3ccccc3[nH]2)c1)c1cc2ccccc2[nH]1. The van der Waals surface area contributed by atoms with Crippen LogP contribution in [0.4, 0.5) is 5.69 Å². The standard InChI is InChI=1S/C22H16N4O/c27-22(20-13-14-6-1-2-9-17(14)24-20)23-16-8-5-7-15(12-16)21-25-18-10-3-4-11-19(18)26-21/h1-13,24H,(H,23,27)(H,25,26). The minimum absolute atomic E-state index is 0.173. The summed E-state index contributed by atoms with van der Waals surface area (Å²) in [5.41, 5.74) is 5.02. The first kappa shape index (κ1) is 15.4. The second-order valence-corrected chi connectivity index (χ2v) is 6.41. The van der Waals surface area contributed by atoms with Crippen molar-refractivity contribution in [3.63, 3.8) is 0 Å². The lowest BCUT2D eigenvalue weighted by Gasteiger charge is -2.05. The molecule has 0 aliphatic heterocycles. The second kappa shape index (κ2) is 6.14. The highest BCUT2D eigenvalue weighted by atomic mass is 16.1. The molecular weight excluding hydrogens is 336 g/mol. The van der Waals surface area contributed by atoms with E-state index in [0.29, 0.717) is 5.69 Å². The van der Waals surface area contributed by atoms with Gasteiger partial charge in [-0.15, -0.1) is 0 Å². The first-order valence-corrected chi connectivity index (χ1v) is 8.70. The highest BCUT2D eigenvalue weighted by Crippen LogP contribution is 2.23. The average Bonchev–Trinajstić information content (AvgIpc) is 3.32. The van der Waals surface area contributed by atoms with E-state index in [9.17, 15) is 4.79 Å². The highest BCUT2D eigenvalue weighted by molar-refractivity contribution is 6.06. The van der Waals surface area contributed by atoms with E-state index in [1.807, 2.05) is 78.9 Å². The Morgan fingerprint density at radius 1 is 0.815 bits per heavy atom.